The molecule has 1 N–H and O–H groups in total. The van der Waals surface area contributed by atoms with Crippen LogP contribution in [0.2, 0.25) is 0 Å². The van der Waals surface area contributed by atoms with Gasteiger partial charge in [0.25, 0.3) is 11.8 Å². The molecular weight excluding hydrogens is 252 g/mol. The van der Waals surface area contributed by atoms with E-state index in [4.69, 9.17) is 0 Å². The zero-order valence-corrected chi connectivity index (χ0v) is 12.4. The molecule has 0 aliphatic carbocycles. The Labute approximate surface area is 120 Å². The van der Waals surface area contributed by atoms with Crippen molar-refractivity contribution in [2.24, 2.45) is 0 Å². The van der Waals surface area contributed by atoms with Crippen molar-refractivity contribution in [1.82, 2.24) is 10.2 Å². The highest BCUT2D eigenvalue weighted by atomic mass is 16.2. The van der Waals surface area contributed by atoms with E-state index in [1.54, 1.807) is 24.3 Å². The van der Waals surface area contributed by atoms with Crippen LogP contribution in [0.4, 0.5) is 0 Å². The molecule has 0 atom stereocenters. The Morgan fingerprint density at radius 1 is 1.00 bits per heavy atom. The Balaban J connectivity index is 2.06. The summed E-state index contributed by atoms with van der Waals surface area (Å²) in [5.74, 6) is -0.0528. The van der Waals surface area contributed by atoms with Crippen LogP contribution in [-0.2, 0) is 0 Å². The predicted octanol–water partition coefficient (Wildman–Crippen LogP) is 2.45. The van der Waals surface area contributed by atoms with Crippen LogP contribution in [-0.4, -0.2) is 35.3 Å². The smallest absolute Gasteiger partial charge is 0.253 e. The summed E-state index contributed by atoms with van der Waals surface area (Å²) < 4.78 is 0. The van der Waals surface area contributed by atoms with Crippen LogP contribution in [0.3, 0.4) is 0 Å². The van der Waals surface area contributed by atoms with E-state index >= 15 is 0 Å². The third kappa shape index (κ3) is 3.59. The SMILES string of the molecule is CC(C)(C)NC(=O)c1ccc(C(=O)N2CCCC2)cc1. The third-order valence-corrected chi connectivity index (χ3v) is 3.28. The maximum atomic E-state index is 12.2. The van der Waals surface area contributed by atoms with E-state index in [0.29, 0.717) is 11.1 Å². The van der Waals surface area contributed by atoms with Gasteiger partial charge in [-0.15, -0.1) is 0 Å². The maximum absolute atomic E-state index is 12.2. The first-order valence-electron chi connectivity index (χ1n) is 7.09. The first-order valence-corrected chi connectivity index (χ1v) is 7.09. The second kappa shape index (κ2) is 5.65. The average molecular weight is 274 g/mol. The van der Waals surface area contributed by atoms with Crippen LogP contribution in [0.15, 0.2) is 24.3 Å². The van der Waals surface area contributed by atoms with Crippen molar-refractivity contribution >= 4 is 11.8 Å². The fourth-order valence-electron chi connectivity index (χ4n) is 2.28. The molecule has 0 saturated carbocycles. The Hall–Kier alpha value is -1.84. The van der Waals surface area contributed by atoms with Gasteiger partial charge in [-0.1, -0.05) is 0 Å². The molecule has 4 heteroatoms. The van der Waals surface area contributed by atoms with Gasteiger partial charge in [-0.3, -0.25) is 9.59 Å². The number of benzene rings is 1. The number of hydrogen-bond donors (Lipinski definition) is 1. The van der Waals surface area contributed by atoms with Gasteiger partial charge in [0.1, 0.15) is 0 Å². The van der Waals surface area contributed by atoms with E-state index in [0.717, 1.165) is 25.9 Å². The minimum Gasteiger partial charge on any atom is -0.347 e. The lowest BCUT2D eigenvalue weighted by Gasteiger charge is -2.20. The summed E-state index contributed by atoms with van der Waals surface area (Å²) in [4.78, 5) is 26.0. The number of rotatable bonds is 2. The molecule has 1 aliphatic rings. The molecule has 0 bridgehead atoms. The van der Waals surface area contributed by atoms with Crippen LogP contribution in [0.1, 0.15) is 54.3 Å². The Morgan fingerprint density at radius 2 is 1.50 bits per heavy atom. The summed E-state index contributed by atoms with van der Waals surface area (Å²) in [5.41, 5.74) is 0.971. The van der Waals surface area contributed by atoms with Gasteiger partial charge < -0.3 is 10.2 Å². The zero-order valence-electron chi connectivity index (χ0n) is 12.4. The number of amides is 2. The van der Waals surface area contributed by atoms with Crippen molar-refractivity contribution in [3.63, 3.8) is 0 Å². The summed E-state index contributed by atoms with van der Waals surface area (Å²) in [5, 5.41) is 2.90. The number of nitrogens with zero attached hydrogens (tertiary/aromatic N) is 1. The molecule has 0 unspecified atom stereocenters. The van der Waals surface area contributed by atoms with Crippen LogP contribution in [0.5, 0.6) is 0 Å². The second-order valence-electron chi connectivity index (χ2n) is 6.28. The van der Waals surface area contributed by atoms with E-state index in [1.807, 2.05) is 25.7 Å². The van der Waals surface area contributed by atoms with Gasteiger partial charge in [-0.05, 0) is 57.9 Å². The van der Waals surface area contributed by atoms with Crippen LogP contribution in [0, 0.1) is 0 Å². The quantitative estimate of drug-likeness (QED) is 0.900. The van der Waals surface area contributed by atoms with Crippen molar-refractivity contribution in [2.75, 3.05) is 13.1 Å². The lowest BCUT2D eigenvalue weighted by molar-refractivity contribution is 0.0791. The van der Waals surface area contributed by atoms with Crippen LogP contribution in [0.25, 0.3) is 0 Å². The number of likely N-dealkylation sites (tertiary alicyclic amines) is 1. The molecule has 0 spiro atoms. The number of nitrogens with one attached hydrogen (secondary N) is 1. The molecule has 1 aromatic rings. The number of carbonyl (C=O) groups is 2. The molecule has 1 heterocycles. The van der Waals surface area contributed by atoms with Gasteiger partial charge in [0, 0.05) is 29.8 Å². The molecular formula is C16H22N2O2. The lowest BCUT2D eigenvalue weighted by atomic mass is 10.1. The van der Waals surface area contributed by atoms with Crippen molar-refractivity contribution in [2.45, 2.75) is 39.2 Å². The Kier molecular flexibility index (Phi) is 4.12. The van der Waals surface area contributed by atoms with Gasteiger partial charge in [-0.2, -0.15) is 0 Å². The highest BCUT2D eigenvalue weighted by molar-refractivity contribution is 5.98. The van der Waals surface area contributed by atoms with Crippen molar-refractivity contribution in [3.8, 4) is 0 Å². The molecule has 1 aliphatic heterocycles. The van der Waals surface area contributed by atoms with Gasteiger partial charge in [0.2, 0.25) is 0 Å². The Morgan fingerprint density at radius 3 is 2.00 bits per heavy atom. The minimum atomic E-state index is -0.263. The fourth-order valence-corrected chi connectivity index (χ4v) is 2.28. The molecule has 20 heavy (non-hydrogen) atoms. The van der Waals surface area contributed by atoms with E-state index in [-0.39, 0.29) is 17.4 Å². The fraction of sp³-hybridized carbons (Fsp3) is 0.500. The topological polar surface area (TPSA) is 49.4 Å². The van der Waals surface area contributed by atoms with Gasteiger partial charge in [0.15, 0.2) is 0 Å². The number of carbonyl (C=O) groups excluding carboxylic acids is 2. The summed E-state index contributed by atoms with van der Waals surface area (Å²) in [6, 6.07) is 6.89. The van der Waals surface area contributed by atoms with E-state index < -0.39 is 0 Å². The summed E-state index contributed by atoms with van der Waals surface area (Å²) in [6.45, 7) is 7.50. The van der Waals surface area contributed by atoms with Crippen LogP contribution < -0.4 is 5.32 Å². The van der Waals surface area contributed by atoms with E-state index in [9.17, 15) is 9.59 Å². The third-order valence-electron chi connectivity index (χ3n) is 3.28. The lowest BCUT2D eigenvalue weighted by Crippen LogP contribution is -2.40. The molecule has 0 aromatic heterocycles. The number of hydrogen-bond acceptors (Lipinski definition) is 2. The van der Waals surface area contributed by atoms with Crippen molar-refractivity contribution in [1.29, 1.82) is 0 Å². The van der Waals surface area contributed by atoms with Crippen molar-refractivity contribution < 1.29 is 9.59 Å². The van der Waals surface area contributed by atoms with Crippen molar-refractivity contribution in [3.05, 3.63) is 35.4 Å². The monoisotopic (exact) mass is 274 g/mol. The summed E-state index contributed by atoms with van der Waals surface area (Å²) in [6.07, 6.45) is 2.16. The molecule has 1 saturated heterocycles. The van der Waals surface area contributed by atoms with Crippen LogP contribution >= 0.6 is 0 Å². The molecule has 4 nitrogen and oxygen atoms in total. The first-order chi connectivity index (χ1) is 9.37. The van der Waals surface area contributed by atoms with E-state index in [2.05, 4.69) is 5.32 Å². The van der Waals surface area contributed by atoms with Gasteiger partial charge in [0.05, 0.1) is 0 Å². The van der Waals surface area contributed by atoms with Gasteiger partial charge in [-0.25, -0.2) is 0 Å². The Bertz CT molecular complexity index is 494. The largest absolute Gasteiger partial charge is 0.347 e. The molecule has 2 rings (SSSR count). The molecule has 0 radical (unpaired) electrons. The molecule has 2 amide bonds. The van der Waals surface area contributed by atoms with Gasteiger partial charge >= 0.3 is 0 Å². The minimum absolute atomic E-state index is 0.0604. The molecule has 1 aromatic carbocycles. The molecule has 1 fully saturated rings. The summed E-state index contributed by atoms with van der Waals surface area (Å²) in [7, 11) is 0. The summed E-state index contributed by atoms with van der Waals surface area (Å²) >= 11 is 0. The second-order valence-corrected chi connectivity index (χ2v) is 6.28. The first kappa shape index (κ1) is 14.6. The highest BCUT2D eigenvalue weighted by Crippen LogP contribution is 2.14. The molecule has 108 valence electrons. The highest BCUT2D eigenvalue weighted by Gasteiger charge is 2.20. The standard InChI is InChI=1S/C16H22N2O2/c1-16(2,3)17-14(19)12-6-8-13(9-7-12)15(20)18-10-4-5-11-18/h6-9H,4-5,10-11H2,1-3H3,(H,17,19). The normalized spacial score (nSPS) is 15.2. The average Bonchev–Trinajstić information content (AvgIpc) is 2.90. The zero-order chi connectivity index (χ0) is 14.8. The predicted molar refractivity (Wildman–Crippen MR) is 78.8 cm³/mol. The maximum Gasteiger partial charge on any atom is 0.253 e. The van der Waals surface area contributed by atoms with E-state index in [1.165, 1.54) is 0 Å².